The van der Waals surface area contributed by atoms with Crippen LogP contribution in [0.5, 0.6) is 0 Å². The predicted octanol–water partition coefficient (Wildman–Crippen LogP) is 0.935. The first kappa shape index (κ1) is 13.3. The number of aromatic nitrogens is 1. The molecule has 2 atom stereocenters. The fourth-order valence-corrected chi connectivity index (χ4v) is 3.77. The van der Waals surface area contributed by atoms with Gasteiger partial charge < -0.3 is 14.7 Å². The number of rotatable bonds is 4. The van der Waals surface area contributed by atoms with Crippen LogP contribution in [0.15, 0.2) is 6.20 Å². The molecule has 6 heteroatoms. The molecule has 1 aromatic rings. The lowest BCUT2D eigenvalue weighted by Crippen LogP contribution is -2.39. The van der Waals surface area contributed by atoms with E-state index in [1.54, 1.807) is 11.3 Å². The maximum absolute atomic E-state index is 9.83. The molecule has 0 unspecified atom stereocenters. The van der Waals surface area contributed by atoms with E-state index in [0.29, 0.717) is 13.2 Å². The van der Waals surface area contributed by atoms with Crippen molar-refractivity contribution < 1.29 is 9.84 Å². The van der Waals surface area contributed by atoms with Crippen LogP contribution in [0.3, 0.4) is 0 Å². The molecule has 0 spiro atoms. The molecule has 0 aromatic carbocycles. The predicted molar refractivity (Wildman–Crippen MR) is 75.6 cm³/mol. The molecule has 2 fully saturated rings. The topological polar surface area (TPSA) is 48.8 Å². The summed E-state index contributed by atoms with van der Waals surface area (Å²) < 4.78 is 5.30. The molecule has 0 saturated carbocycles. The Labute approximate surface area is 117 Å². The van der Waals surface area contributed by atoms with Crippen LogP contribution in [-0.2, 0) is 11.3 Å². The third kappa shape index (κ3) is 2.91. The molecular weight excluding hydrogens is 262 g/mol. The van der Waals surface area contributed by atoms with Crippen LogP contribution in [0.25, 0.3) is 0 Å². The monoisotopic (exact) mass is 283 g/mol. The first-order chi connectivity index (χ1) is 9.24. The van der Waals surface area contributed by atoms with Gasteiger partial charge in [0.15, 0.2) is 5.13 Å². The van der Waals surface area contributed by atoms with Crippen molar-refractivity contribution in [1.29, 1.82) is 0 Å². The minimum Gasteiger partial charge on any atom is -0.389 e. The van der Waals surface area contributed by atoms with E-state index < -0.39 is 0 Å². The number of thiazole rings is 1. The SMILES string of the molecule is CN(Cc1cnc(N2CCCC2)s1)[C@@H]1COC[C@H]1O. The summed E-state index contributed by atoms with van der Waals surface area (Å²) in [5, 5.41) is 11.0. The molecule has 3 rings (SSSR count). The first-order valence-electron chi connectivity index (χ1n) is 6.90. The smallest absolute Gasteiger partial charge is 0.185 e. The van der Waals surface area contributed by atoms with Crippen molar-refractivity contribution in [2.45, 2.75) is 31.5 Å². The standard InChI is InChI=1S/C13H21N3O2S/c1-15(11-8-18-9-12(11)17)7-10-6-14-13(19-10)16-4-2-3-5-16/h6,11-12,17H,2-5,7-9H2,1H3/t11-,12-/m1/s1. The van der Waals surface area contributed by atoms with Crippen LogP contribution in [-0.4, -0.2) is 60.5 Å². The first-order valence-corrected chi connectivity index (χ1v) is 7.71. The van der Waals surface area contributed by atoms with Crippen LogP contribution in [0, 0.1) is 0 Å². The van der Waals surface area contributed by atoms with Gasteiger partial charge in [-0.25, -0.2) is 4.98 Å². The lowest BCUT2D eigenvalue weighted by atomic mass is 10.2. The van der Waals surface area contributed by atoms with E-state index >= 15 is 0 Å². The van der Waals surface area contributed by atoms with Crippen molar-refractivity contribution in [2.24, 2.45) is 0 Å². The highest BCUT2D eigenvalue weighted by atomic mass is 32.1. The Balaban J connectivity index is 1.60. The van der Waals surface area contributed by atoms with E-state index in [9.17, 15) is 5.11 Å². The van der Waals surface area contributed by atoms with Gasteiger partial charge in [0, 0.05) is 30.7 Å². The number of hydrogen-bond acceptors (Lipinski definition) is 6. The van der Waals surface area contributed by atoms with Crippen LogP contribution < -0.4 is 4.90 Å². The van der Waals surface area contributed by atoms with E-state index in [4.69, 9.17) is 4.74 Å². The number of nitrogens with zero attached hydrogens (tertiary/aromatic N) is 3. The fraction of sp³-hybridized carbons (Fsp3) is 0.769. The van der Waals surface area contributed by atoms with Crippen molar-refractivity contribution in [2.75, 3.05) is 38.3 Å². The van der Waals surface area contributed by atoms with Gasteiger partial charge >= 0.3 is 0 Å². The number of likely N-dealkylation sites (N-methyl/N-ethyl adjacent to an activating group) is 1. The molecule has 5 nitrogen and oxygen atoms in total. The van der Waals surface area contributed by atoms with Gasteiger partial charge in [0.2, 0.25) is 0 Å². The molecule has 2 saturated heterocycles. The highest BCUT2D eigenvalue weighted by Crippen LogP contribution is 2.27. The number of aliphatic hydroxyl groups is 1. The number of hydrogen-bond donors (Lipinski definition) is 1. The van der Waals surface area contributed by atoms with Crippen LogP contribution in [0.2, 0.25) is 0 Å². The molecule has 106 valence electrons. The highest BCUT2D eigenvalue weighted by molar-refractivity contribution is 7.15. The average Bonchev–Trinajstić information content (AvgIpc) is 3.07. The average molecular weight is 283 g/mol. The molecule has 1 N–H and O–H groups in total. The zero-order chi connectivity index (χ0) is 13.2. The van der Waals surface area contributed by atoms with Gasteiger partial charge in [0.1, 0.15) is 0 Å². The second-order valence-corrected chi connectivity index (χ2v) is 6.48. The molecule has 2 aliphatic heterocycles. The van der Waals surface area contributed by atoms with Crippen molar-refractivity contribution >= 4 is 16.5 Å². The summed E-state index contributed by atoms with van der Waals surface area (Å²) in [7, 11) is 2.04. The number of ether oxygens (including phenoxy) is 1. The summed E-state index contributed by atoms with van der Waals surface area (Å²) in [6.07, 6.45) is 4.16. The maximum atomic E-state index is 9.83. The van der Waals surface area contributed by atoms with E-state index in [0.717, 1.165) is 24.8 Å². The summed E-state index contributed by atoms with van der Waals surface area (Å²) >= 11 is 1.77. The molecule has 0 radical (unpaired) electrons. The summed E-state index contributed by atoms with van der Waals surface area (Å²) in [6, 6.07) is 0.109. The van der Waals surface area contributed by atoms with Gasteiger partial charge in [-0.15, -0.1) is 11.3 Å². The minimum absolute atomic E-state index is 0.109. The summed E-state index contributed by atoms with van der Waals surface area (Å²) in [5.74, 6) is 0. The van der Waals surface area contributed by atoms with Crippen molar-refractivity contribution in [3.63, 3.8) is 0 Å². The molecule has 0 amide bonds. The van der Waals surface area contributed by atoms with Crippen molar-refractivity contribution in [3.8, 4) is 0 Å². The van der Waals surface area contributed by atoms with E-state index in [1.807, 2.05) is 13.2 Å². The summed E-state index contributed by atoms with van der Waals surface area (Å²) in [4.78, 5) is 10.3. The number of anilines is 1. The molecule has 0 aliphatic carbocycles. The quantitative estimate of drug-likeness (QED) is 0.891. The Morgan fingerprint density at radius 1 is 1.47 bits per heavy atom. The minimum atomic E-state index is -0.365. The fourth-order valence-electron chi connectivity index (χ4n) is 2.74. The Hall–Kier alpha value is -0.690. The lowest BCUT2D eigenvalue weighted by Gasteiger charge is -2.24. The van der Waals surface area contributed by atoms with Crippen LogP contribution in [0.1, 0.15) is 17.7 Å². The Morgan fingerprint density at radius 2 is 2.26 bits per heavy atom. The third-order valence-electron chi connectivity index (χ3n) is 3.91. The zero-order valence-corrected chi connectivity index (χ0v) is 12.1. The second kappa shape index (κ2) is 5.75. The van der Waals surface area contributed by atoms with E-state index in [2.05, 4.69) is 14.8 Å². The summed E-state index contributed by atoms with van der Waals surface area (Å²) in [5.41, 5.74) is 0. The molecule has 1 aromatic heterocycles. The van der Waals surface area contributed by atoms with Gasteiger partial charge in [-0.2, -0.15) is 0 Å². The van der Waals surface area contributed by atoms with Gasteiger partial charge in [-0.05, 0) is 19.9 Å². The Bertz CT molecular complexity index is 420. The van der Waals surface area contributed by atoms with Crippen LogP contribution in [0.4, 0.5) is 5.13 Å². The van der Waals surface area contributed by atoms with Gasteiger partial charge in [-0.3, -0.25) is 4.90 Å². The lowest BCUT2D eigenvalue weighted by molar-refractivity contribution is 0.0929. The molecular formula is C13H21N3O2S. The Morgan fingerprint density at radius 3 is 2.95 bits per heavy atom. The van der Waals surface area contributed by atoms with Crippen molar-refractivity contribution in [3.05, 3.63) is 11.1 Å². The Kier molecular flexibility index (Phi) is 4.02. The normalized spacial score (nSPS) is 27.6. The molecule has 2 aliphatic rings. The second-order valence-electron chi connectivity index (χ2n) is 5.39. The molecule has 3 heterocycles. The summed E-state index contributed by atoms with van der Waals surface area (Å²) in [6.45, 7) is 4.18. The van der Waals surface area contributed by atoms with Crippen LogP contribution >= 0.6 is 11.3 Å². The van der Waals surface area contributed by atoms with Gasteiger partial charge in [0.05, 0.1) is 25.4 Å². The zero-order valence-electron chi connectivity index (χ0n) is 11.3. The third-order valence-corrected chi connectivity index (χ3v) is 4.95. The number of aliphatic hydroxyl groups excluding tert-OH is 1. The van der Waals surface area contributed by atoms with E-state index in [1.165, 1.54) is 17.7 Å². The highest BCUT2D eigenvalue weighted by Gasteiger charge is 2.30. The van der Waals surface area contributed by atoms with Crippen molar-refractivity contribution in [1.82, 2.24) is 9.88 Å². The maximum Gasteiger partial charge on any atom is 0.185 e. The van der Waals surface area contributed by atoms with Gasteiger partial charge in [0.25, 0.3) is 0 Å². The molecule has 19 heavy (non-hydrogen) atoms. The largest absolute Gasteiger partial charge is 0.389 e. The molecule has 0 bridgehead atoms. The van der Waals surface area contributed by atoms with Gasteiger partial charge in [-0.1, -0.05) is 0 Å². The van der Waals surface area contributed by atoms with E-state index in [-0.39, 0.29) is 12.1 Å².